The minimum Gasteiger partial charge on any atom is -0.508 e. The molecule has 0 spiro atoms. The number of phenolic OH excluding ortho intramolecular Hbond substituents is 1. The number of aryl methyl sites for hydroxylation is 1. The fourth-order valence-electron chi connectivity index (χ4n) is 3.82. The summed E-state index contributed by atoms with van der Waals surface area (Å²) >= 11 is 0. The fraction of sp³-hybridized carbons (Fsp3) is 0.423. The average Bonchev–Trinajstić information content (AvgIpc) is 2.82. The molecule has 0 aliphatic carbocycles. The van der Waals surface area contributed by atoms with Crippen LogP contribution >= 0.6 is 0 Å². The third kappa shape index (κ3) is 7.34. The Morgan fingerprint density at radius 1 is 1.12 bits per heavy atom. The summed E-state index contributed by atoms with van der Waals surface area (Å²) in [7, 11) is 0. The van der Waals surface area contributed by atoms with Crippen LogP contribution in [0.25, 0.3) is 0 Å². The van der Waals surface area contributed by atoms with Crippen LogP contribution in [-0.4, -0.2) is 53.9 Å². The first kappa shape index (κ1) is 24.3. The average molecular weight is 453 g/mol. The lowest BCUT2D eigenvalue weighted by atomic mass is 9.94. The molecule has 0 radical (unpaired) electrons. The van der Waals surface area contributed by atoms with Crippen LogP contribution in [0.15, 0.2) is 53.7 Å². The molecule has 3 rings (SSSR count). The molecular weight excluding hydrogens is 420 g/mol. The van der Waals surface area contributed by atoms with Gasteiger partial charge in [0.25, 0.3) is 5.91 Å². The number of carbonyl (C=O) groups is 2. The number of hydrogen-bond donors (Lipinski definition) is 1. The molecule has 0 saturated carbocycles. The van der Waals surface area contributed by atoms with Gasteiger partial charge in [0.2, 0.25) is 0 Å². The van der Waals surface area contributed by atoms with E-state index in [0.717, 1.165) is 24.8 Å². The Morgan fingerprint density at radius 3 is 2.70 bits per heavy atom. The van der Waals surface area contributed by atoms with E-state index < -0.39 is 5.97 Å². The Hall–Kier alpha value is -3.35. The third-order valence-electron chi connectivity index (χ3n) is 5.52. The standard InChI is InChI=1S/C26H32N2O5/c1-2-20-17-23(29)18-21-16-22(27-33-19-24(30)28-13-9-7-10-14-28)12-8-5-3-4-6-11-15-32-26(31)25(20)21/h4,6-9,12,17-18,29H,2-3,5,10-11,13-16,19H2,1H3/b6-4+,12-8+,27-22-. The van der Waals surface area contributed by atoms with Gasteiger partial charge in [-0.1, -0.05) is 42.5 Å². The van der Waals surface area contributed by atoms with Gasteiger partial charge in [-0.25, -0.2) is 4.79 Å². The molecule has 0 atom stereocenters. The SMILES string of the molecule is CCc1cc(O)cc2c1C(=O)OCC/C=C/CC/C=C/C(=N/OCC(=O)N1CC=CCC1)C2. The Bertz CT molecular complexity index is 962. The molecular formula is C26H32N2O5. The van der Waals surface area contributed by atoms with Crippen LogP contribution in [0.5, 0.6) is 5.75 Å². The highest BCUT2D eigenvalue weighted by Gasteiger charge is 2.20. The molecule has 0 fully saturated rings. The molecule has 2 heterocycles. The number of amides is 1. The van der Waals surface area contributed by atoms with E-state index >= 15 is 0 Å². The first-order valence-electron chi connectivity index (χ1n) is 11.5. The Labute approximate surface area is 195 Å². The number of esters is 1. The summed E-state index contributed by atoms with van der Waals surface area (Å²) in [6.45, 7) is 3.34. The second-order valence-electron chi connectivity index (χ2n) is 8.00. The molecule has 7 heteroatoms. The zero-order valence-corrected chi connectivity index (χ0v) is 19.2. The molecule has 0 saturated heterocycles. The van der Waals surface area contributed by atoms with E-state index in [2.05, 4.69) is 17.3 Å². The van der Waals surface area contributed by atoms with Crippen molar-refractivity contribution >= 4 is 17.6 Å². The van der Waals surface area contributed by atoms with E-state index in [9.17, 15) is 14.7 Å². The van der Waals surface area contributed by atoms with Crippen LogP contribution in [-0.2, 0) is 27.2 Å². The van der Waals surface area contributed by atoms with E-state index in [-0.39, 0.29) is 24.7 Å². The second kappa shape index (κ2) is 12.6. The normalized spacial score (nSPS) is 20.5. The molecule has 1 aromatic carbocycles. The number of hydrogen-bond acceptors (Lipinski definition) is 6. The van der Waals surface area contributed by atoms with Crippen molar-refractivity contribution in [1.82, 2.24) is 4.90 Å². The number of rotatable bonds is 4. The highest BCUT2D eigenvalue weighted by molar-refractivity contribution is 6.00. The maximum absolute atomic E-state index is 12.9. The first-order chi connectivity index (χ1) is 16.1. The number of aromatic hydroxyl groups is 1. The van der Waals surface area contributed by atoms with Crippen molar-refractivity contribution < 1.29 is 24.3 Å². The summed E-state index contributed by atoms with van der Waals surface area (Å²) in [5.41, 5.74) is 2.34. The van der Waals surface area contributed by atoms with E-state index in [1.54, 1.807) is 17.0 Å². The minimum atomic E-state index is -0.412. The quantitative estimate of drug-likeness (QED) is 0.422. The Morgan fingerprint density at radius 2 is 1.91 bits per heavy atom. The second-order valence-corrected chi connectivity index (χ2v) is 8.00. The monoisotopic (exact) mass is 452 g/mol. The van der Waals surface area contributed by atoms with Crippen LogP contribution in [0.2, 0.25) is 0 Å². The zero-order valence-electron chi connectivity index (χ0n) is 19.2. The summed E-state index contributed by atoms with van der Waals surface area (Å²) in [5.74, 6) is -0.446. The lowest BCUT2D eigenvalue weighted by Crippen LogP contribution is -2.36. The molecule has 0 aromatic heterocycles. The summed E-state index contributed by atoms with van der Waals surface area (Å²) in [4.78, 5) is 32.4. The van der Waals surface area contributed by atoms with E-state index in [1.807, 2.05) is 31.2 Å². The van der Waals surface area contributed by atoms with Gasteiger partial charge in [-0.05, 0) is 61.4 Å². The van der Waals surface area contributed by atoms with Crippen molar-refractivity contribution in [3.8, 4) is 5.75 Å². The molecule has 0 unspecified atom stereocenters. The van der Waals surface area contributed by atoms with Crippen molar-refractivity contribution in [3.63, 3.8) is 0 Å². The number of oxime groups is 1. The van der Waals surface area contributed by atoms with Gasteiger partial charge in [-0.2, -0.15) is 0 Å². The van der Waals surface area contributed by atoms with E-state index in [0.29, 0.717) is 49.4 Å². The molecule has 176 valence electrons. The zero-order chi connectivity index (χ0) is 23.5. The van der Waals surface area contributed by atoms with Gasteiger partial charge in [0.1, 0.15) is 5.75 Å². The predicted octanol–water partition coefficient (Wildman–Crippen LogP) is 4.11. The van der Waals surface area contributed by atoms with Gasteiger partial charge in [-0.15, -0.1) is 0 Å². The van der Waals surface area contributed by atoms with Gasteiger partial charge in [0, 0.05) is 19.5 Å². The number of fused-ring (bicyclic) bond motifs is 1. The maximum Gasteiger partial charge on any atom is 0.338 e. The highest BCUT2D eigenvalue weighted by Crippen LogP contribution is 2.25. The number of ether oxygens (including phenoxy) is 1. The summed E-state index contributed by atoms with van der Waals surface area (Å²) in [6, 6.07) is 3.16. The van der Waals surface area contributed by atoms with Crippen LogP contribution in [0.4, 0.5) is 0 Å². The van der Waals surface area contributed by atoms with Crippen molar-refractivity contribution in [2.45, 2.75) is 45.4 Å². The number of allylic oxidation sites excluding steroid dienone is 3. The summed E-state index contributed by atoms with van der Waals surface area (Å²) in [6.07, 6.45) is 15.9. The van der Waals surface area contributed by atoms with Crippen molar-refractivity contribution in [2.75, 3.05) is 26.3 Å². The van der Waals surface area contributed by atoms with Crippen LogP contribution < -0.4 is 0 Å². The molecule has 0 bridgehead atoms. The van der Waals surface area contributed by atoms with Crippen molar-refractivity contribution in [1.29, 1.82) is 0 Å². The smallest absolute Gasteiger partial charge is 0.338 e. The summed E-state index contributed by atoms with van der Waals surface area (Å²) in [5, 5.41) is 14.4. The van der Waals surface area contributed by atoms with Crippen LogP contribution in [0, 0.1) is 0 Å². The van der Waals surface area contributed by atoms with Gasteiger partial charge in [0.05, 0.1) is 17.9 Å². The predicted molar refractivity (Wildman–Crippen MR) is 127 cm³/mol. The van der Waals surface area contributed by atoms with Gasteiger partial charge < -0.3 is 19.6 Å². The van der Waals surface area contributed by atoms with E-state index in [1.165, 1.54) is 0 Å². The molecule has 1 amide bonds. The Balaban J connectivity index is 1.84. The van der Waals surface area contributed by atoms with Crippen LogP contribution in [0.3, 0.4) is 0 Å². The number of cyclic esters (lactones) is 1. The van der Waals surface area contributed by atoms with Gasteiger partial charge in [0.15, 0.2) is 6.61 Å². The molecule has 1 N–H and O–H groups in total. The molecule has 33 heavy (non-hydrogen) atoms. The first-order valence-corrected chi connectivity index (χ1v) is 11.5. The number of benzene rings is 1. The largest absolute Gasteiger partial charge is 0.508 e. The Kier molecular flexibility index (Phi) is 9.30. The van der Waals surface area contributed by atoms with Gasteiger partial charge in [-0.3, -0.25) is 4.79 Å². The topological polar surface area (TPSA) is 88.4 Å². The molecule has 1 aromatic rings. The third-order valence-corrected chi connectivity index (χ3v) is 5.52. The maximum atomic E-state index is 12.9. The van der Waals surface area contributed by atoms with E-state index in [4.69, 9.17) is 9.57 Å². The molecule has 2 aliphatic rings. The highest BCUT2D eigenvalue weighted by atomic mass is 16.6. The molecule has 7 nitrogen and oxygen atoms in total. The number of carbonyl (C=O) groups excluding carboxylic acids is 2. The van der Waals surface area contributed by atoms with Gasteiger partial charge >= 0.3 is 5.97 Å². The lowest BCUT2D eigenvalue weighted by molar-refractivity contribution is -0.135. The lowest BCUT2D eigenvalue weighted by Gasteiger charge is -2.22. The van der Waals surface area contributed by atoms with Crippen molar-refractivity contribution in [2.24, 2.45) is 5.16 Å². The van der Waals surface area contributed by atoms with Crippen molar-refractivity contribution in [3.05, 3.63) is 65.3 Å². The fourth-order valence-corrected chi connectivity index (χ4v) is 3.82. The van der Waals surface area contributed by atoms with Crippen LogP contribution in [0.1, 0.15) is 54.1 Å². The summed E-state index contributed by atoms with van der Waals surface area (Å²) < 4.78 is 5.49. The number of phenols is 1. The number of nitrogens with zero attached hydrogens (tertiary/aromatic N) is 2. The minimum absolute atomic E-state index is 0.0834. The molecule has 2 aliphatic heterocycles.